The second kappa shape index (κ2) is 4.10. The van der Waals surface area contributed by atoms with Gasteiger partial charge in [0.15, 0.2) is 0 Å². The lowest BCUT2D eigenvalue weighted by Crippen LogP contribution is -2.18. The third-order valence-electron chi connectivity index (χ3n) is 4.17. The standard InChI is InChI=1S/C17H15NO2/c19-16-17(9-10-17)15-13(18-16)7-4-8-14(15)20-11-12-5-2-1-3-6-12/h1-8H,9-11H2,(H,18,19). The molecule has 3 heteroatoms. The number of anilines is 1. The summed E-state index contributed by atoms with van der Waals surface area (Å²) < 4.78 is 5.97. The third kappa shape index (κ3) is 1.63. The molecule has 1 N–H and O–H groups in total. The lowest BCUT2D eigenvalue weighted by atomic mass is 9.97. The number of amides is 1. The minimum atomic E-state index is -0.303. The monoisotopic (exact) mass is 265 g/mol. The largest absolute Gasteiger partial charge is 0.489 e. The van der Waals surface area contributed by atoms with E-state index in [2.05, 4.69) is 5.32 Å². The van der Waals surface area contributed by atoms with Gasteiger partial charge in [-0.3, -0.25) is 4.79 Å². The van der Waals surface area contributed by atoms with E-state index >= 15 is 0 Å². The molecule has 0 radical (unpaired) electrons. The predicted molar refractivity (Wildman–Crippen MR) is 76.8 cm³/mol. The number of carbonyl (C=O) groups is 1. The van der Waals surface area contributed by atoms with Crippen LogP contribution < -0.4 is 10.1 Å². The molecule has 1 fully saturated rings. The lowest BCUT2D eigenvalue weighted by Gasteiger charge is -2.13. The van der Waals surface area contributed by atoms with Crippen LogP contribution in [0.5, 0.6) is 5.75 Å². The first kappa shape index (κ1) is 11.5. The van der Waals surface area contributed by atoms with E-state index in [1.807, 2.05) is 48.5 Å². The first-order valence-electron chi connectivity index (χ1n) is 6.91. The van der Waals surface area contributed by atoms with Crippen LogP contribution in [-0.4, -0.2) is 5.91 Å². The molecule has 1 heterocycles. The van der Waals surface area contributed by atoms with Crippen molar-refractivity contribution in [3.8, 4) is 5.75 Å². The second-order valence-electron chi connectivity index (χ2n) is 5.49. The highest BCUT2D eigenvalue weighted by Gasteiger charge is 2.57. The molecule has 1 amide bonds. The van der Waals surface area contributed by atoms with Gasteiger partial charge in [-0.1, -0.05) is 36.4 Å². The normalized spacial score (nSPS) is 17.7. The summed E-state index contributed by atoms with van der Waals surface area (Å²) in [4.78, 5) is 12.1. The topological polar surface area (TPSA) is 38.3 Å². The maximum Gasteiger partial charge on any atom is 0.235 e. The minimum Gasteiger partial charge on any atom is -0.489 e. The van der Waals surface area contributed by atoms with E-state index in [4.69, 9.17) is 4.74 Å². The van der Waals surface area contributed by atoms with Crippen LogP contribution in [0.25, 0.3) is 0 Å². The summed E-state index contributed by atoms with van der Waals surface area (Å²) in [6, 6.07) is 15.9. The summed E-state index contributed by atoms with van der Waals surface area (Å²) in [6.45, 7) is 0.529. The summed E-state index contributed by atoms with van der Waals surface area (Å²) in [5.41, 5.74) is 2.80. The van der Waals surface area contributed by atoms with Crippen LogP contribution in [0.1, 0.15) is 24.0 Å². The molecule has 4 rings (SSSR count). The minimum absolute atomic E-state index is 0.128. The Morgan fingerprint density at radius 2 is 1.85 bits per heavy atom. The van der Waals surface area contributed by atoms with E-state index in [9.17, 15) is 4.79 Å². The molecule has 2 aliphatic rings. The van der Waals surface area contributed by atoms with Crippen molar-refractivity contribution in [2.45, 2.75) is 24.9 Å². The smallest absolute Gasteiger partial charge is 0.235 e. The van der Waals surface area contributed by atoms with Gasteiger partial charge in [0.1, 0.15) is 12.4 Å². The van der Waals surface area contributed by atoms with Crippen LogP contribution in [0.3, 0.4) is 0 Å². The van der Waals surface area contributed by atoms with Crippen molar-refractivity contribution in [3.63, 3.8) is 0 Å². The molecule has 0 unspecified atom stereocenters. The Hall–Kier alpha value is -2.29. The van der Waals surface area contributed by atoms with Crippen molar-refractivity contribution in [2.75, 3.05) is 5.32 Å². The fraction of sp³-hybridized carbons (Fsp3) is 0.235. The Morgan fingerprint density at radius 1 is 1.05 bits per heavy atom. The molecular weight excluding hydrogens is 250 g/mol. The maximum atomic E-state index is 12.1. The molecule has 0 aromatic heterocycles. The maximum absolute atomic E-state index is 12.1. The van der Waals surface area contributed by atoms with Gasteiger partial charge in [-0.2, -0.15) is 0 Å². The van der Waals surface area contributed by atoms with Gasteiger partial charge in [-0.25, -0.2) is 0 Å². The van der Waals surface area contributed by atoms with E-state index in [1.54, 1.807) is 0 Å². The number of fused-ring (bicyclic) bond motifs is 2. The fourth-order valence-electron chi connectivity index (χ4n) is 2.94. The van der Waals surface area contributed by atoms with Crippen LogP contribution in [0.15, 0.2) is 48.5 Å². The summed E-state index contributed by atoms with van der Waals surface area (Å²) in [5, 5.41) is 2.97. The van der Waals surface area contributed by atoms with E-state index in [0.29, 0.717) is 6.61 Å². The second-order valence-corrected chi connectivity index (χ2v) is 5.49. The SMILES string of the molecule is O=C1Nc2cccc(OCc3ccccc3)c2C12CC2. The van der Waals surface area contributed by atoms with Gasteiger partial charge in [0.2, 0.25) is 5.91 Å². The van der Waals surface area contributed by atoms with Crippen LogP contribution in [0.4, 0.5) is 5.69 Å². The first-order valence-corrected chi connectivity index (χ1v) is 6.91. The Labute approximate surface area is 117 Å². The molecule has 2 aromatic carbocycles. The zero-order chi connectivity index (χ0) is 13.6. The number of benzene rings is 2. The summed E-state index contributed by atoms with van der Waals surface area (Å²) in [6.07, 6.45) is 1.86. The Morgan fingerprint density at radius 3 is 2.60 bits per heavy atom. The van der Waals surface area contributed by atoms with Crippen LogP contribution in [0.2, 0.25) is 0 Å². The summed E-state index contributed by atoms with van der Waals surface area (Å²) in [5.74, 6) is 0.963. The number of ether oxygens (including phenoxy) is 1. The van der Waals surface area contributed by atoms with Crippen molar-refractivity contribution < 1.29 is 9.53 Å². The lowest BCUT2D eigenvalue weighted by molar-refractivity contribution is -0.117. The van der Waals surface area contributed by atoms with Gasteiger partial charge in [-0.15, -0.1) is 0 Å². The average Bonchev–Trinajstić information content (AvgIpc) is 3.22. The van der Waals surface area contributed by atoms with Gasteiger partial charge >= 0.3 is 0 Å². The van der Waals surface area contributed by atoms with E-state index in [-0.39, 0.29) is 11.3 Å². The van der Waals surface area contributed by atoms with Crippen LogP contribution >= 0.6 is 0 Å². The number of hydrogen-bond donors (Lipinski definition) is 1. The highest BCUT2D eigenvalue weighted by Crippen LogP contribution is 2.58. The van der Waals surface area contributed by atoms with E-state index in [1.165, 1.54) is 0 Å². The van der Waals surface area contributed by atoms with Crippen LogP contribution in [0, 0.1) is 0 Å². The Balaban J connectivity index is 1.65. The van der Waals surface area contributed by atoms with Crippen molar-refractivity contribution in [3.05, 3.63) is 59.7 Å². The number of rotatable bonds is 3. The molecule has 3 nitrogen and oxygen atoms in total. The molecule has 1 saturated carbocycles. The molecule has 1 spiro atoms. The highest BCUT2D eigenvalue weighted by molar-refractivity contribution is 6.09. The molecule has 2 aromatic rings. The van der Waals surface area contributed by atoms with E-state index < -0.39 is 0 Å². The molecule has 0 bridgehead atoms. The van der Waals surface area contributed by atoms with Crippen molar-refractivity contribution in [2.24, 2.45) is 0 Å². The molecule has 0 atom stereocenters. The van der Waals surface area contributed by atoms with Crippen LogP contribution in [-0.2, 0) is 16.8 Å². The van der Waals surface area contributed by atoms with Crippen molar-refractivity contribution in [1.82, 2.24) is 0 Å². The number of hydrogen-bond acceptors (Lipinski definition) is 2. The van der Waals surface area contributed by atoms with Gasteiger partial charge in [0, 0.05) is 11.3 Å². The molecule has 100 valence electrons. The third-order valence-corrected chi connectivity index (χ3v) is 4.17. The molecule has 20 heavy (non-hydrogen) atoms. The average molecular weight is 265 g/mol. The van der Waals surface area contributed by atoms with Crippen molar-refractivity contribution >= 4 is 11.6 Å². The predicted octanol–water partition coefficient (Wildman–Crippen LogP) is 3.25. The van der Waals surface area contributed by atoms with Gasteiger partial charge < -0.3 is 10.1 Å². The highest BCUT2D eigenvalue weighted by atomic mass is 16.5. The van der Waals surface area contributed by atoms with Crippen molar-refractivity contribution in [1.29, 1.82) is 0 Å². The summed E-state index contributed by atoms with van der Waals surface area (Å²) in [7, 11) is 0. The van der Waals surface area contributed by atoms with Gasteiger partial charge in [-0.05, 0) is 30.5 Å². The quantitative estimate of drug-likeness (QED) is 0.925. The van der Waals surface area contributed by atoms with Gasteiger partial charge in [0.05, 0.1) is 5.41 Å². The Bertz CT molecular complexity index is 675. The van der Waals surface area contributed by atoms with E-state index in [0.717, 1.165) is 35.4 Å². The zero-order valence-electron chi connectivity index (χ0n) is 11.1. The molecule has 1 aliphatic carbocycles. The molecule has 1 aliphatic heterocycles. The number of nitrogens with one attached hydrogen (secondary N) is 1. The molecule has 0 saturated heterocycles. The summed E-state index contributed by atoms with van der Waals surface area (Å²) >= 11 is 0. The fourth-order valence-corrected chi connectivity index (χ4v) is 2.94. The first-order chi connectivity index (χ1) is 9.79. The molecular formula is C17H15NO2. The number of carbonyl (C=O) groups excluding carboxylic acids is 1. The van der Waals surface area contributed by atoms with Gasteiger partial charge in [0.25, 0.3) is 0 Å². The zero-order valence-corrected chi connectivity index (χ0v) is 11.1. The Kier molecular flexibility index (Phi) is 2.36.